The molecule has 2 aromatic rings. The molecule has 0 aliphatic carbocycles. The zero-order valence-electron chi connectivity index (χ0n) is 13.1. The number of nitrogens with zero attached hydrogens (tertiary/aromatic N) is 3. The van der Waals surface area contributed by atoms with Crippen LogP contribution in [0.25, 0.3) is 0 Å². The van der Waals surface area contributed by atoms with Crippen LogP contribution in [0.3, 0.4) is 0 Å². The Morgan fingerprint density at radius 3 is 2.50 bits per heavy atom. The monoisotopic (exact) mass is 326 g/mol. The molecular formula is C17H18N4O3. The Morgan fingerprint density at radius 2 is 1.83 bits per heavy atom. The van der Waals surface area contributed by atoms with Gasteiger partial charge in [0.15, 0.2) is 0 Å². The molecule has 1 aliphatic rings. The van der Waals surface area contributed by atoms with Crippen LogP contribution in [0.2, 0.25) is 0 Å². The first-order valence-electron chi connectivity index (χ1n) is 7.69. The average molecular weight is 326 g/mol. The van der Waals surface area contributed by atoms with Crippen molar-refractivity contribution < 1.29 is 14.7 Å². The number of carbonyl (C=O) groups excluding carboxylic acids is 2. The van der Waals surface area contributed by atoms with Crippen LogP contribution in [0.15, 0.2) is 48.7 Å². The predicted octanol–water partition coefficient (Wildman–Crippen LogP) is 1.07. The highest BCUT2D eigenvalue weighted by atomic mass is 16.3. The number of carbonyl (C=O) groups is 2. The molecule has 2 heterocycles. The summed E-state index contributed by atoms with van der Waals surface area (Å²) in [6.07, 6.45) is 1.73. The summed E-state index contributed by atoms with van der Waals surface area (Å²) in [4.78, 5) is 32.2. The van der Waals surface area contributed by atoms with Crippen LogP contribution in [-0.2, 0) is 9.59 Å². The van der Waals surface area contributed by atoms with E-state index in [1.165, 1.54) is 17.0 Å². The average Bonchev–Trinajstić information content (AvgIpc) is 2.62. The van der Waals surface area contributed by atoms with Gasteiger partial charge in [-0.25, -0.2) is 4.98 Å². The van der Waals surface area contributed by atoms with Gasteiger partial charge >= 0.3 is 11.8 Å². The summed E-state index contributed by atoms with van der Waals surface area (Å²) >= 11 is 0. The lowest BCUT2D eigenvalue weighted by atomic mass is 10.2. The number of anilines is 2. The summed E-state index contributed by atoms with van der Waals surface area (Å²) in [7, 11) is 0. The van der Waals surface area contributed by atoms with E-state index in [2.05, 4.69) is 15.2 Å². The molecule has 3 rings (SSSR count). The summed E-state index contributed by atoms with van der Waals surface area (Å²) < 4.78 is 0. The molecule has 2 amide bonds. The quantitative estimate of drug-likeness (QED) is 0.807. The van der Waals surface area contributed by atoms with Crippen molar-refractivity contribution >= 4 is 23.3 Å². The van der Waals surface area contributed by atoms with Crippen molar-refractivity contribution in [2.45, 2.75) is 0 Å². The minimum Gasteiger partial charge on any atom is -0.508 e. The van der Waals surface area contributed by atoms with Gasteiger partial charge < -0.3 is 20.2 Å². The third-order valence-corrected chi connectivity index (χ3v) is 3.84. The largest absolute Gasteiger partial charge is 0.508 e. The number of benzene rings is 1. The number of hydrogen-bond donors (Lipinski definition) is 2. The minimum atomic E-state index is -0.702. The molecular weight excluding hydrogens is 308 g/mol. The number of aromatic hydroxyl groups is 1. The van der Waals surface area contributed by atoms with Gasteiger partial charge in [0.05, 0.1) is 0 Å². The van der Waals surface area contributed by atoms with Crippen molar-refractivity contribution in [2.75, 3.05) is 36.4 Å². The molecule has 1 fully saturated rings. The zero-order chi connectivity index (χ0) is 16.9. The molecule has 1 aromatic carbocycles. The SMILES string of the molecule is O=C(Nc1cccc(O)c1)C(=O)N1CCN(c2ccccn2)CC1. The fraction of sp³-hybridized carbons (Fsp3) is 0.235. The van der Waals surface area contributed by atoms with Gasteiger partial charge in [0.2, 0.25) is 0 Å². The number of rotatable bonds is 2. The molecule has 0 bridgehead atoms. The lowest BCUT2D eigenvalue weighted by Crippen LogP contribution is -2.51. The van der Waals surface area contributed by atoms with Gasteiger partial charge in [0.1, 0.15) is 11.6 Å². The van der Waals surface area contributed by atoms with E-state index in [1.54, 1.807) is 18.3 Å². The highest BCUT2D eigenvalue weighted by Gasteiger charge is 2.26. The van der Waals surface area contributed by atoms with E-state index in [1.807, 2.05) is 18.2 Å². The first-order valence-corrected chi connectivity index (χ1v) is 7.69. The lowest BCUT2D eigenvalue weighted by Gasteiger charge is -2.34. The van der Waals surface area contributed by atoms with Gasteiger partial charge in [-0.2, -0.15) is 0 Å². The topological polar surface area (TPSA) is 85.8 Å². The maximum Gasteiger partial charge on any atom is 0.313 e. The van der Waals surface area contributed by atoms with Gasteiger partial charge in [-0.05, 0) is 24.3 Å². The van der Waals surface area contributed by atoms with Crippen molar-refractivity contribution in [3.05, 3.63) is 48.7 Å². The van der Waals surface area contributed by atoms with Crippen LogP contribution in [-0.4, -0.2) is 53.0 Å². The maximum atomic E-state index is 12.2. The summed E-state index contributed by atoms with van der Waals surface area (Å²) in [6.45, 7) is 2.18. The van der Waals surface area contributed by atoms with E-state index in [0.717, 1.165) is 5.82 Å². The van der Waals surface area contributed by atoms with Crippen LogP contribution >= 0.6 is 0 Å². The van der Waals surface area contributed by atoms with Gasteiger partial charge in [0.25, 0.3) is 0 Å². The molecule has 1 aliphatic heterocycles. The standard InChI is InChI=1S/C17H18N4O3/c22-14-5-3-4-13(12-14)19-16(23)17(24)21-10-8-20(9-11-21)15-6-1-2-7-18-15/h1-7,12,22H,8-11H2,(H,19,23). The van der Waals surface area contributed by atoms with E-state index in [-0.39, 0.29) is 5.75 Å². The number of nitrogens with one attached hydrogen (secondary N) is 1. The third kappa shape index (κ3) is 3.62. The van der Waals surface area contributed by atoms with Crippen LogP contribution in [0.4, 0.5) is 11.5 Å². The fourth-order valence-corrected chi connectivity index (χ4v) is 2.59. The molecule has 24 heavy (non-hydrogen) atoms. The van der Waals surface area contributed by atoms with Crippen LogP contribution in [0.1, 0.15) is 0 Å². The maximum absolute atomic E-state index is 12.2. The molecule has 7 heteroatoms. The summed E-state index contributed by atoms with van der Waals surface area (Å²) in [5, 5.41) is 11.9. The molecule has 124 valence electrons. The lowest BCUT2D eigenvalue weighted by molar-refractivity contribution is -0.143. The smallest absolute Gasteiger partial charge is 0.313 e. The van der Waals surface area contributed by atoms with E-state index < -0.39 is 11.8 Å². The number of amides is 2. The summed E-state index contributed by atoms with van der Waals surface area (Å²) in [5.74, 6) is -0.371. The normalized spacial score (nSPS) is 14.3. The van der Waals surface area contributed by atoms with Gasteiger partial charge in [-0.1, -0.05) is 12.1 Å². The van der Waals surface area contributed by atoms with E-state index in [9.17, 15) is 14.7 Å². The summed E-state index contributed by atoms with van der Waals surface area (Å²) in [5.41, 5.74) is 0.389. The second-order valence-corrected chi connectivity index (χ2v) is 5.47. The van der Waals surface area contributed by atoms with Crippen molar-refractivity contribution in [3.63, 3.8) is 0 Å². The highest BCUT2D eigenvalue weighted by Crippen LogP contribution is 2.16. The minimum absolute atomic E-state index is 0.0317. The number of phenols is 1. The van der Waals surface area contributed by atoms with Gasteiger partial charge in [-0.3, -0.25) is 9.59 Å². The highest BCUT2D eigenvalue weighted by molar-refractivity contribution is 6.39. The second-order valence-electron chi connectivity index (χ2n) is 5.47. The van der Waals surface area contributed by atoms with Crippen molar-refractivity contribution in [3.8, 4) is 5.75 Å². The molecule has 0 saturated carbocycles. The first-order chi connectivity index (χ1) is 11.6. The number of phenolic OH excluding ortho intramolecular Hbond substituents is 1. The van der Waals surface area contributed by atoms with E-state index >= 15 is 0 Å². The van der Waals surface area contributed by atoms with Gasteiger partial charge in [-0.15, -0.1) is 0 Å². The molecule has 0 spiro atoms. The number of piperazine rings is 1. The molecule has 1 saturated heterocycles. The zero-order valence-corrected chi connectivity index (χ0v) is 13.1. The Balaban J connectivity index is 1.56. The Labute approximate surface area is 139 Å². The number of hydrogen-bond acceptors (Lipinski definition) is 5. The predicted molar refractivity (Wildman–Crippen MR) is 89.8 cm³/mol. The van der Waals surface area contributed by atoms with Crippen molar-refractivity contribution in [1.82, 2.24) is 9.88 Å². The molecule has 0 atom stereocenters. The van der Waals surface area contributed by atoms with Crippen LogP contribution in [0.5, 0.6) is 5.75 Å². The van der Waals surface area contributed by atoms with Crippen LogP contribution in [0, 0.1) is 0 Å². The Kier molecular flexibility index (Phi) is 4.60. The summed E-state index contributed by atoms with van der Waals surface area (Å²) in [6, 6.07) is 11.8. The van der Waals surface area contributed by atoms with Gasteiger partial charge in [0, 0.05) is 44.1 Å². The number of pyridine rings is 1. The van der Waals surface area contributed by atoms with E-state index in [0.29, 0.717) is 31.9 Å². The van der Waals surface area contributed by atoms with Crippen molar-refractivity contribution in [1.29, 1.82) is 0 Å². The molecule has 7 nitrogen and oxygen atoms in total. The Bertz CT molecular complexity index is 728. The van der Waals surface area contributed by atoms with Crippen LogP contribution < -0.4 is 10.2 Å². The van der Waals surface area contributed by atoms with E-state index in [4.69, 9.17) is 0 Å². The molecule has 1 aromatic heterocycles. The molecule has 2 N–H and O–H groups in total. The third-order valence-electron chi connectivity index (χ3n) is 3.84. The van der Waals surface area contributed by atoms with Crippen molar-refractivity contribution in [2.24, 2.45) is 0 Å². The Morgan fingerprint density at radius 1 is 1.04 bits per heavy atom. The second kappa shape index (κ2) is 6.99. The molecule has 0 unspecified atom stereocenters. The Hall–Kier alpha value is -3.09. The first kappa shape index (κ1) is 15.8. The number of aromatic nitrogens is 1. The fourth-order valence-electron chi connectivity index (χ4n) is 2.59. The molecule has 0 radical (unpaired) electrons.